The van der Waals surface area contributed by atoms with Crippen molar-refractivity contribution in [2.24, 2.45) is 0 Å². The number of hydrogen-bond donors (Lipinski definition) is 0. The van der Waals surface area contributed by atoms with Crippen molar-refractivity contribution in [1.29, 1.82) is 0 Å². The topological polar surface area (TPSA) is 42.1 Å². The van der Waals surface area contributed by atoms with E-state index < -0.39 is 0 Å². The Balaban J connectivity index is 1.73. The zero-order valence-corrected chi connectivity index (χ0v) is 17.7. The van der Waals surface area contributed by atoms with Crippen molar-refractivity contribution in [3.8, 4) is 5.75 Å². The first kappa shape index (κ1) is 20.2. The monoisotopic (exact) mass is 401 g/mol. The van der Waals surface area contributed by atoms with E-state index in [4.69, 9.17) is 9.47 Å². The second kappa shape index (κ2) is 8.33. The number of amides is 1. The molecular formula is C26H27NO3. The molecule has 1 aliphatic rings. The lowest BCUT2D eigenvalue weighted by Crippen LogP contribution is -2.26. The first-order valence-electron chi connectivity index (χ1n) is 10.3. The van der Waals surface area contributed by atoms with Gasteiger partial charge in [-0.3, -0.25) is 9.69 Å². The highest BCUT2D eigenvalue weighted by atomic mass is 16.6. The highest BCUT2D eigenvalue weighted by molar-refractivity contribution is 6.11. The number of ether oxygens (including phenoxy) is 2. The van der Waals surface area contributed by atoms with Crippen LogP contribution in [0.4, 0.5) is 11.4 Å². The molecule has 0 N–H and O–H groups in total. The number of hydrogen-bond acceptors (Lipinski definition) is 3. The number of epoxide rings is 1. The van der Waals surface area contributed by atoms with E-state index >= 15 is 0 Å². The van der Waals surface area contributed by atoms with E-state index in [1.54, 1.807) is 4.90 Å². The summed E-state index contributed by atoms with van der Waals surface area (Å²) in [5.41, 5.74) is 3.21. The molecule has 1 amide bonds. The van der Waals surface area contributed by atoms with Crippen molar-refractivity contribution < 1.29 is 14.3 Å². The highest BCUT2D eigenvalue weighted by Crippen LogP contribution is 2.34. The molecule has 1 atom stereocenters. The van der Waals surface area contributed by atoms with Crippen molar-refractivity contribution in [1.82, 2.24) is 0 Å². The molecule has 0 aliphatic carbocycles. The third kappa shape index (κ3) is 4.55. The van der Waals surface area contributed by atoms with Gasteiger partial charge in [0.2, 0.25) is 0 Å². The summed E-state index contributed by atoms with van der Waals surface area (Å²) in [7, 11) is 0. The third-order valence-corrected chi connectivity index (χ3v) is 5.10. The zero-order valence-electron chi connectivity index (χ0n) is 17.7. The van der Waals surface area contributed by atoms with Gasteiger partial charge in [-0.1, -0.05) is 63.2 Å². The number of carbonyl (C=O) groups excluding carboxylic acids is 1. The number of rotatable bonds is 6. The number of nitrogens with zero attached hydrogens (tertiary/aromatic N) is 1. The van der Waals surface area contributed by atoms with Crippen molar-refractivity contribution in [2.75, 3.05) is 18.1 Å². The van der Waals surface area contributed by atoms with E-state index in [1.807, 2.05) is 78.9 Å². The highest BCUT2D eigenvalue weighted by Gasteiger charge is 2.27. The molecule has 4 rings (SSSR count). The molecule has 1 saturated heterocycles. The van der Waals surface area contributed by atoms with E-state index in [0.29, 0.717) is 12.2 Å². The van der Waals surface area contributed by atoms with Crippen LogP contribution in [-0.2, 0) is 10.2 Å². The smallest absolute Gasteiger partial charge is 0.262 e. The molecule has 4 nitrogen and oxygen atoms in total. The fourth-order valence-corrected chi connectivity index (χ4v) is 3.41. The fourth-order valence-electron chi connectivity index (χ4n) is 3.41. The SMILES string of the molecule is CC(C)(C)c1ccc(C(=O)N(c2ccccc2)c2ccccc2)cc1OCC1CO1. The third-order valence-electron chi connectivity index (χ3n) is 5.10. The van der Waals surface area contributed by atoms with Gasteiger partial charge in [0.15, 0.2) is 0 Å². The summed E-state index contributed by atoms with van der Waals surface area (Å²) >= 11 is 0. The predicted octanol–water partition coefficient (Wildman–Crippen LogP) is 5.74. The lowest BCUT2D eigenvalue weighted by atomic mass is 9.85. The molecule has 3 aromatic carbocycles. The molecule has 1 aliphatic heterocycles. The van der Waals surface area contributed by atoms with Crippen LogP contribution in [0.1, 0.15) is 36.7 Å². The van der Waals surface area contributed by atoms with Gasteiger partial charge in [-0.2, -0.15) is 0 Å². The average Bonchev–Trinajstić information content (AvgIpc) is 3.57. The summed E-state index contributed by atoms with van der Waals surface area (Å²) < 4.78 is 11.4. The predicted molar refractivity (Wildman–Crippen MR) is 120 cm³/mol. The summed E-state index contributed by atoms with van der Waals surface area (Å²) in [6.45, 7) is 7.67. The minimum Gasteiger partial charge on any atom is -0.490 e. The van der Waals surface area contributed by atoms with E-state index in [9.17, 15) is 4.79 Å². The Kier molecular flexibility index (Phi) is 5.60. The van der Waals surface area contributed by atoms with Crippen LogP contribution in [0.2, 0.25) is 0 Å². The molecule has 1 fully saturated rings. The normalized spacial score (nSPS) is 15.5. The average molecular weight is 402 g/mol. The van der Waals surface area contributed by atoms with Crippen molar-refractivity contribution in [3.05, 3.63) is 90.0 Å². The molecule has 0 bridgehead atoms. The van der Waals surface area contributed by atoms with Crippen LogP contribution in [0.15, 0.2) is 78.9 Å². The fraction of sp³-hybridized carbons (Fsp3) is 0.269. The summed E-state index contributed by atoms with van der Waals surface area (Å²) in [4.78, 5) is 15.4. The molecule has 3 aromatic rings. The maximum absolute atomic E-state index is 13.7. The largest absolute Gasteiger partial charge is 0.490 e. The van der Waals surface area contributed by atoms with Gasteiger partial charge in [0.05, 0.1) is 6.61 Å². The minimum absolute atomic E-state index is 0.0969. The van der Waals surface area contributed by atoms with Crippen LogP contribution in [0.3, 0.4) is 0 Å². The lowest BCUT2D eigenvalue weighted by Gasteiger charge is -2.26. The molecule has 0 aromatic heterocycles. The van der Waals surface area contributed by atoms with E-state index in [2.05, 4.69) is 20.8 Å². The van der Waals surface area contributed by atoms with Crippen molar-refractivity contribution >= 4 is 17.3 Å². The molecule has 0 radical (unpaired) electrons. The van der Waals surface area contributed by atoms with Gasteiger partial charge in [-0.15, -0.1) is 0 Å². The maximum atomic E-state index is 13.7. The van der Waals surface area contributed by atoms with E-state index in [-0.39, 0.29) is 17.4 Å². The van der Waals surface area contributed by atoms with Crippen LogP contribution < -0.4 is 9.64 Å². The summed E-state index contributed by atoms with van der Waals surface area (Å²) in [6.07, 6.45) is 0.155. The quantitative estimate of drug-likeness (QED) is 0.495. The molecular weight excluding hydrogens is 374 g/mol. The molecule has 1 heterocycles. The number of anilines is 2. The Labute approximate surface area is 178 Å². The Morgan fingerprint density at radius 3 is 2.03 bits per heavy atom. The number of carbonyl (C=O) groups is 1. The standard InChI is InChI=1S/C26H27NO3/c1-26(2,3)23-15-14-19(16-24(23)30-18-22-17-29-22)25(28)27(20-10-6-4-7-11-20)21-12-8-5-9-13-21/h4-16,22H,17-18H2,1-3H3. The summed E-state index contributed by atoms with van der Waals surface area (Å²) in [6, 6.07) is 25.2. The van der Waals surface area contributed by atoms with Crippen LogP contribution in [0, 0.1) is 0 Å². The van der Waals surface area contributed by atoms with Crippen LogP contribution in [-0.4, -0.2) is 25.2 Å². The van der Waals surface area contributed by atoms with E-state index in [1.165, 1.54) is 0 Å². The molecule has 1 unspecified atom stereocenters. The van der Waals surface area contributed by atoms with Gasteiger partial charge in [0.1, 0.15) is 18.5 Å². The van der Waals surface area contributed by atoms with Gasteiger partial charge in [0, 0.05) is 16.9 Å². The maximum Gasteiger partial charge on any atom is 0.262 e. The van der Waals surface area contributed by atoms with Gasteiger partial charge in [-0.05, 0) is 47.4 Å². The van der Waals surface area contributed by atoms with E-state index in [0.717, 1.165) is 29.3 Å². The van der Waals surface area contributed by atoms with Crippen LogP contribution >= 0.6 is 0 Å². The second-order valence-corrected chi connectivity index (χ2v) is 8.54. The minimum atomic E-state index is -0.0974. The second-order valence-electron chi connectivity index (χ2n) is 8.54. The Morgan fingerprint density at radius 2 is 1.53 bits per heavy atom. The van der Waals surface area contributed by atoms with Gasteiger partial charge in [-0.25, -0.2) is 0 Å². The first-order valence-corrected chi connectivity index (χ1v) is 10.3. The molecule has 4 heteroatoms. The first-order chi connectivity index (χ1) is 14.4. The molecule has 154 valence electrons. The lowest BCUT2D eigenvalue weighted by molar-refractivity contribution is 0.0998. The molecule has 30 heavy (non-hydrogen) atoms. The molecule has 0 saturated carbocycles. The number of para-hydroxylation sites is 2. The summed E-state index contributed by atoms with van der Waals surface area (Å²) in [5.74, 6) is 0.644. The Bertz CT molecular complexity index is 966. The van der Waals surface area contributed by atoms with Crippen molar-refractivity contribution in [2.45, 2.75) is 32.3 Å². The summed E-state index contributed by atoms with van der Waals surface area (Å²) in [5, 5.41) is 0. The van der Waals surface area contributed by atoms with Gasteiger partial charge < -0.3 is 9.47 Å². The molecule has 0 spiro atoms. The Morgan fingerprint density at radius 1 is 0.967 bits per heavy atom. The van der Waals surface area contributed by atoms with Crippen LogP contribution in [0.5, 0.6) is 5.75 Å². The van der Waals surface area contributed by atoms with Crippen molar-refractivity contribution in [3.63, 3.8) is 0 Å². The van der Waals surface area contributed by atoms with Crippen LogP contribution in [0.25, 0.3) is 0 Å². The number of benzene rings is 3. The van der Waals surface area contributed by atoms with Gasteiger partial charge >= 0.3 is 0 Å². The Hall–Kier alpha value is -3.11. The van der Waals surface area contributed by atoms with Gasteiger partial charge in [0.25, 0.3) is 5.91 Å². The zero-order chi connectivity index (χ0) is 21.1.